The molecular formula is C11H6BrCl2N3. The first-order valence-electron chi connectivity index (χ1n) is 4.68. The Morgan fingerprint density at radius 3 is 2.76 bits per heavy atom. The van der Waals surface area contributed by atoms with Crippen LogP contribution in [0.4, 0.5) is 0 Å². The van der Waals surface area contributed by atoms with E-state index in [1.165, 1.54) is 0 Å². The lowest BCUT2D eigenvalue weighted by Gasteiger charge is -1.99. The molecule has 0 aliphatic heterocycles. The molecule has 17 heavy (non-hydrogen) atoms. The summed E-state index contributed by atoms with van der Waals surface area (Å²) in [5.74, 6) is 0.653. The summed E-state index contributed by atoms with van der Waals surface area (Å²) in [5, 5.41) is 9.62. The second-order valence-corrected chi connectivity index (χ2v) is 4.88. The summed E-state index contributed by atoms with van der Waals surface area (Å²) in [7, 11) is 0. The molecule has 3 nitrogen and oxygen atoms in total. The van der Waals surface area contributed by atoms with E-state index in [0.717, 1.165) is 11.3 Å². The summed E-state index contributed by atoms with van der Waals surface area (Å²) >= 11 is 15.1. The van der Waals surface area contributed by atoms with Crippen molar-refractivity contribution in [2.24, 2.45) is 0 Å². The van der Waals surface area contributed by atoms with Gasteiger partial charge in [-0.2, -0.15) is 5.26 Å². The number of hydrogen-bond donors (Lipinski definition) is 1. The SMILES string of the molecule is N#CCc1[nH]c(-c2ccc(Cl)c(Cl)c2)nc1Br. The van der Waals surface area contributed by atoms with Gasteiger partial charge in [-0.3, -0.25) is 0 Å². The largest absolute Gasteiger partial charge is 0.340 e. The number of nitrogens with zero attached hydrogens (tertiary/aromatic N) is 2. The van der Waals surface area contributed by atoms with Crippen LogP contribution in [0.1, 0.15) is 5.69 Å². The van der Waals surface area contributed by atoms with Crippen LogP contribution in [0.2, 0.25) is 10.0 Å². The van der Waals surface area contributed by atoms with Gasteiger partial charge >= 0.3 is 0 Å². The molecule has 0 saturated carbocycles. The Labute approximate surface area is 117 Å². The maximum absolute atomic E-state index is 8.65. The molecule has 1 aromatic heterocycles. The number of aromatic amines is 1. The van der Waals surface area contributed by atoms with Gasteiger partial charge in [0.05, 0.1) is 28.2 Å². The van der Waals surface area contributed by atoms with Crippen molar-refractivity contribution in [3.63, 3.8) is 0 Å². The van der Waals surface area contributed by atoms with Crippen molar-refractivity contribution in [1.82, 2.24) is 9.97 Å². The van der Waals surface area contributed by atoms with Crippen LogP contribution in [0.25, 0.3) is 11.4 Å². The number of rotatable bonds is 2. The predicted octanol–water partition coefficient (Wildman–Crippen LogP) is 4.21. The molecule has 0 aliphatic carbocycles. The molecule has 0 bridgehead atoms. The van der Waals surface area contributed by atoms with E-state index in [4.69, 9.17) is 28.5 Å². The number of benzene rings is 1. The Hall–Kier alpha value is -1.02. The number of imidazole rings is 1. The molecule has 0 spiro atoms. The van der Waals surface area contributed by atoms with Crippen molar-refractivity contribution >= 4 is 39.1 Å². The van der Waals surface area contributed by atoms with Gasteiger partial charge in [-0.1, -0.05) is 23.2 Å². The fourth-order valence-corrected chi connectivity index (χ4v) is 2.08. The highest BCUT2D eigenvalue weighted by Crippen LogP contribution is 2.28. The van der Waals surface area contributed by atoms with Crippen LogP contribution in [0.3, 0.4) is 0 Å². The summed E-state index contributed by atoms with van der Waals surface area (Å²) in [6.45, 7) is 0. The van der Waals surface area contributed by atoms with E-state index in [-0.39, 0.29) is 6.42 Å². The van der Waals surface area contributed by atoms with Crippen molar-refractivity contribution in [1.29, 1.82) is 5.26 Å². The molecule has 2 rings (SSSR count). The first-order chi connectivity index (χ1) is 8.11. The van der Waals surface area contributed by atoms with Gasteiger partial charge < -0.3 is 4.98 Å². The second-order valence-electron chi connectivity index (χ2n) is 3.32. The quantitative estimate of drug-likeness (QED) is 0.896. The Balaban J connectivity index is 2.43. The Morgan fingerprint density at radius 1 is 1.35 bits per heavy atom. The van der Waals surface area contributed by atoms with E-state index in [1.807, 2.05) is 6.07 Å². The summed E-state index contributed by atoms with van der Waals surface area (Å²) in [4.78, 5) is 7.34. The minimum absolute atomic E-state index is 0.273. The molecule has 1 heterocycles. The number of nitriles is 1. The van der Waals surface area contributed by atoms with Crippen LogP contribution in [-0.2, 0) is 6.42 Å². The van der Waals surface area contributed by atoms with Gasteiger partial charge in [0.25, 0.3) is 0 Å². The maximum Gasteiger partial charge on any atom is 0.138 e. The van der Waals surface area contributed by atoms with Crippen LogP contribution in [0.5, 0.6) is 0 Å². The Morgan fingerprint density at radius 2 is 2.12 bits per heavy atom. The normalized spacial score (nSPS) is 10.2. The van der Waals surface area contributed by atoms with Gasteiger partial charge in [0.1, 0.15) is 10.4 Å². The molecule has 86 valence electrons. The van der Waals surface area contributed by atoms with E-state index in [1.54, 1.807) is 12.1 Å². The van der Waals surface area contributed by atoms with Gasteiger partial charge in [0.2, 0.25) is 0 Å². The third-order valence-electron chi connectivity index (χ3n) is 2.18. The van der Waals surface area contributed by atoms with Crippen LogP contribution in [0.15, 0.2) is 22.8 Å². The molecule has 0 unspecified atom stereocenters. The van der Waals surface area contributed by atoms with Crippen LogP contribution in [-0.4, -0.2) is 9.97 Å². The summed E-state index contributed by atoms with van der Waals surface area (Å²) in [6.07, 6.45) is 0.273. The average Bonchev–Trinajstić information content (AvgIpc) is 2.65. The van der Waals surface area contributed by atoms with Crippen molar-refractivity contribution in [3.05, 3.63) is 38.5 Å². The molecule has 0 aliphatic rings. The van der Waals surface area contributed by atoms with Gasteiger partial charge in [0.15, 0.2) is 0 Å². The smallest absolute Gasteiger partial charge is 0.138 e. The highest BCUT2D eigenvalue weighted by molar-refractivity contribution is 9.10. The zero-order chi connectivity index (χ0) is 12.4. The first-order valence-corrected chi connectivity index (χ1v) is 6.23. The minimum Gasteiger partial charge on any atom is -0.340 e. The molecule has 0 radical (unpaired) electrons. The Bertz CT molecular complexity index is 601. The van der Waals surface area contributed by atoms with Gasteiger partial charge in [0, 0.05) is 5.56 Å². The summed E-state index contributed by atoms with van der Waals surface area (Å²) in [6, 6.07) is 7.31. The average molecular weight is 331 g/mol. The minimum atomic E-state index is 0.273. The maximum atomic E-state index is 8.65. The highest BCUT2D eigenvalue weighted by Gasteiger charge is 2.10. The molecule has 0 amide bonds. The molecule has 0 fully saturated rings. The zero-order valence-electron chi connectivity index (χ0n) is 8.47. The molecule has 1 aromatic carbocycles. The first kappa shape index (κ1) is 12.4. The number of aromatic nitrogens is 2. The van der Waals surface area contributed by atoms with Crippen molar-refractivity contribution in [2.75, 3.05) is 0 Å². The van der Waals surface area contributed by atoms with Crippen LogP contribution in [0, 0.1) is 11.3 Å². The third-order valence-corrected chi connectivity index (χ3v) is 3.57. The number of halogens is 3. The molecule has 0 atom stereocenters. The molecule has 1 N–H and O–H groups in total. The zero-order valence-corrected chi connectivity index (χ0v) is 11.6. The molecule has 0 saturated heterocycles. The van der Waals surface area contributed by atoms with E-state index in [2.05, 4.69) is 32.0 Å². The number of H-pyrrole nitrogens is 1. The fraction of sp³-hybridized carbons (Fsp3) is 0.0909. The van der Waals surface area contributed by atoms with E-state index >= 15 is 0 Å². The van der Waals surface area contributed by atoms with E-state index in [0.29, 0.717) is 20.5 Å². The van der Waals surface area contributed by atoms with Crippen LogP contribution < -0.4 is 0 Å². The number of nitrogens with one attached hydrogen (secondary N) is 1. The van der Waals surface area contributed by atoms with Gasteiger partial charge in [-0.15, -0.1) is 0 Å². The van der Waals surface area contributed by atoms with E-state index in [9.17, 15) is 0 Å². The highest BCUT2D eigenvalue weighted by atomic mass is 79.9. The van der Waals surface area contributed by atoms with Crippen molar-refractivity contribution in [3.8, 4) is 17.5 Å². The molecule has 2 aromatic rings. The lowest BCUT2D eigenvalue weighted by molar-refractivity contribution is 1.15. The topological polar surface area (TPSA) is 52.5 Å². The lowest BCUT2D eigenvalue weighted by Crippen LogP contribution is -1.83. The third kappa shape index (κ3) is 2.63. The van der Waals surface area contributed by atoms with Gasteiger partial charge in [-0.05, 0) is 34.1 Å². The van der Waals surface area contributed by atoms with Crippen molar-refractivity contribution < 1.29 is 0 Å². The fourth-order valence-electron chi connectivity index (χ4n) is 1.36. The standard InChI is InChI=1S/C11H6BrCl2N3/c12-10-9(3-4-15)16-11(17-10)6-1-2-7(13)8(14)5-6/h1-2,5H,3H2,(H,16,17). The Kier molecular flexibility index (Phi) is 3.72. The van der Waals surface area contributed by atoms with E-state index < -0.39 is 0 Å². The van der Waals surface area contributed by atoms with Crippen LogP contribution >= 0.6 is 39.1 Å². The summed E-state index contributed by atoms with van der Waals surface area (Å²) < 4.78 is 0.639. The summed E-state index contributed by atoms with van der Waals surface area (Å²) in [5.41, 5.74) is 1.57. The predicted molar refractivity (Wildman–Crippen MR) is 71.1 cm³/mol. The second kappa shape index (κ2) is 5.09. The molecule has 6 heteroatoms. The monoisotopic (exact) mass is 329 g/mol. The molecular weight excluding hydrogens is 325 g/mol. The van der Waals surface area contributed by atoms with Gasteiger partial charge in [-0.25, -0.2) is 4.98 Å². The lowest BCUT2D eigenvalue weighted by atomic mass is 10.2. The van der Waals surface area contributed by atoms with Crippen molar-refractivity contribution in [2.45, 2.75) is 6.42 Å². The number of hydrogen-bond acceptors (Lipinski definition) is 2.